The Bertz CT molecular complexity index is 913. The number of esters is 1. The molecule has 0 aliphatic heterocycles. The third-order valence-corrected chi connectivity index (χ3v) is 3.40. The van der Waals surface area contributed by atoms with Crippen LogP contribution in [0.3, 0.4) is 0 Å². The molecule has 3 heterocycles. The summed E-state index contributed by atoms with van der Waals surface area (Å²) in [6.07, 6.45) is 4.85. The molecule has 0 saturated heterocycles. The predicted molar refractivity (Wildman–Crippen MR) is 91.2 cm³/mol. The largest absolute Gasteiger partial charge is 0.451 e. The van der Waals surface area contributed by atoms with E-state index in [4.69, 9.17) is 4.74 Å². The maximum Gasteiger partial charge on any atom is 0.326 e. The minimum atomic E-state index is -1.01. The summed E-state index contributed by atoms with van der Waals surface area (Å²) < 4.78 is 5.15. The van der Waals surface area contributed by atoms with E-state index in [0.717, 1.165) is 0 Å². The van der Waals surface area contributed by atoms with Crippen molar-refractivity contribution in [2.45, 2.75) is 13.0 Å². The number of ether oxygens (including phenoxy) is 1. The summed E-state index contributed by atoms with van der Waals surface area (Å²) in [5, 5.41) is 2.58. The molecule has 0 aliphatic carbocycles. The van der Waals surface area contributed by atoms with E-state index in [1.807, 2.05) is 0 Å². The van der Waals surface area contributed by atoms with Gasteiger partial charge in [-0.2, -0.15) is 0 Å². The molecular formula is C15H16N8O3. The SMILES string of the molecule is CC(OC(=O)CN(C)c1ncccn1)C(=O)Nc1ncnc2nc[nH]c12. The third-order valence-electron chi connectivity index (χ3n) is 3.40. The van der Waals surface area contributed by atoms with Gasteiger partial charge in [-0.15, -0.1) is 0 Å². The van der Waals surface area contributed by atoms with E-state index in [2.05, 4.69) is 35.2 Å². The Morgan fingerprint density at radius 2 is 2.00 bits per heavy atom. The van der Waals surface area contributed by atoms with Gasteiger partial charge in [0, 0.05) is 19.4 Å². The van der Waals surface area contributed by atoms with Crippen LogP contribution in [0.4, 0.5) is 11.8 Å². The van der Waals surface area contributed by atoms with Gasteiger partial charge < -0.3 is 19.9 Å². The summed E-state index contributed by atoms with van der Waals surface area (Å²) >= 11 is 0. The molecule has 134 valence electrons. The number of amides is 1. The molecule has 0 fully saturated rings. The Labute approximate surface area is 147 Å². The number of hydrogen-bond donors (Lipinski definition) is 2. The first kappa shape index (κ1) is 17.2. The number of aromatic amines is 1. The number of hydrogen-bond acceptors (Lipinski definition) is 9. The van der Waals surface area contributed by atoms with Gasteiger partial charge >= 0.3 is 5.97 Å². The number of fused-ring (bicyclic) bond motifs is 1. The fourth-order valence-electron chi connectivity index (χ4n) is 2.12. The van der Waals surface area contributed by atoms with Gasteiger partial charge in [-0.1, -0.05) is 0 Å². The average Bonchev–Trinajstić information content (AvgIpc) is 3.12. The highest BCUT2D eigenvalue weighted by atomic mass is 16.5. The van der Waals surface area contributed by atoms with Crippen LogP contribution in [0.15, 0.2) is 31.1 Å². The molecule has 0 spiro atoms. The number of carbonyl (C=O) groups is 2. The predicted octanol–water partition coefficient (Wildman–Crippen LogP) is 0.149. The number of anilines is 2. The smallest absolute Gasteiger partial charge is 0.326 e. The maximum absolute atomic E-state index is 12.2. The Morgan fingerprint density at radius 1 is 1.23 bits per heavy atom. The molecule has 1 amide bonds. The van der Waals surface area contributed by atoms with Gasteiger partial charge in [0.25, 0.3) is 5.91 Å². The topological polar surface area (TPSA) is 139 Å². The molecule has 0 radical (unpaired) electrons. The molecule has 11 nitrogen and oxygen atoms in total. The van der Waals surface area contributed by atoms with Crippen LogP contribution < -0.4 is 10.2 Å². The van der Waals surface area contributed by atoms with E-state index >= 15 is 0 Å². The lowest BCUT2D eigenvalue weighted by Crippen LogP contribution is -2.35. The third kappa shape index (κ3) is 3.88. The van der Waals surface area contributed by atoms with Gasteiger partial charge in [0.15, 0.2) is 17.6 Å². The van der Waals surface area contributed by atoms with Gasteiger partial charge in [0.1, 0.15) is 18.4 Å². The molecule has 0 bridgehead atoms. The van der Waals surface area contributed by atoms with E-state index in [0.29, 0.717) is 17.1 Å². The molecule has 3 rings (SSSR count). The molecule has 3 aromatic rings. The first-order chi connectivity index (χ1) is 12.5. The standard InChI is InChI=1S/C15H16N8O3/c1-9(26-10(24)6-23(2)15-16-4-3-5-17-15)14(25)22-13-11-12(19-7-18-11)20-8-21-13/h3-5,7-9H,6H2,1-2H3,(H2,18,19,20,21,22,25). The molecular weight excluding hydrogens is 340 g/mol. The summed E-state index contributed by atoms with van der Waals surface area (Å²) in [7, 11) is 1.65. The number of nitrogens with zero attached hydrogens (tertiary/aromatic N) is 6. The van der Waals surface area contributed by atoms with Gasteiger partial charge in [-0.3, -0.25) is 9.59 Å². The van der Waals surface area contributed by atoms with Crippen molar-refractivity contribution in [1.82, 2.24) is 29.9 Å². The summed E-state index contributed by atoms with van der Waals surface area (Å²) in [6, 6.07) is 1.67. The van der Waals surface area contributed by atoms with Crippen LogP contribution in [-0.2, 0) is 14.3 Å². The highest BCUT2D eigenvalue weighted by Crippen LogP contribution is 2.14. The fraction of sp³-hybridized carbons (Fsp3) is 0.267. The summed E-state index contributed by atoms with van der Waals surface area (Å²) in [5.41, 5.74) is 0.907. The van der Waals surface area contributed by atoms with Crippen molar-refractivity contribution < 1.29 is 14.3 Å². The molecule has 1 atom stereocenters. The molecule has 1 unspecified atom stereocenters. The van der Waals surface area contributed by atoms with Crippen molar-refractivity contribution in [2.24, 2.45) is 0 Å². The number of likely N-dealkylation sites (N-methyl/N-ethyl adjacent to an activating group) is 1. The van der Waals surface area contributed by atoms with Gasteiger partial charge in [-0.25, -0.2) is 24.9 Å². The monoisotopic (exact) mass is 356 g/mol. The molecule has 2 N–H and O–H groups in total. The van der Waals surface area contributed by atoms with Crippen LogP contribution in [0.5, 0.6) is 0 Å². The first-order valence-corrected chi connectivity index (χ1v) is 7.67. The van der Waals surface area contributed by atoms with Crippen molar-refractivity contribution >= 4 is 34.8 Å². The number of rotatable bonds is 6. The molecule has 11 heteroatoms. The number of nitrogens with one attached hydrogen (secondary N) is 2. The Hall–Kier alpha value is -3.63. The molecule has 0 aliphatic rings. The lowest BCUT2D eigenvalue weighted by atomic mass is 10.3. The average molecular weight is 356 g/mol. The number of H-pyrrole nitrogens is 1. The summed E-state index contributed by atoms with van der Waals surface area (Å²) in [5.74, 6) is -0.470. The second kappa shape index (κ2) is 7.51. The lowest BCUT2D eigenvalue weighted by molar-refractivity contribution is -0.151. The van der Waals surface area contributed by atoms with E-state index in [1.54, 1.807) is 25.5 Å². The van der Waals surface area contributed by atoms with Crippen molar-refractivity contribution in [2.75, 3.05) is 23.8 Å². The van der Waals surface area contributed by atoms with Crippen molar-refractivity contribution in [3.63, 3.8) is 0 Å². The van der Waals surface area contributed by atoms with E-state index in [-0.39, 0.29) is 12.4 Å². The summed E-state index contributed by atoms with van der Waals surface area (Å²) in [4.78, 5) is 48.6. The molecule has 26 heavy (non-hydrogen) atoms. The van der Waals surface area contributed by atoms with Gasteiger partial charge in [-0.05, 0) is 13.0 Å². The highest BCUT2D eigenvalue weighted by Gasteiger charge is 2.21. The quantitative estimate of drug-likeness (QED) is 0.591. The van der Waals surface area contributed by atoms with Crippen LogP contribution in [-0.4, -0.2) is 61.5 Å². The second-order valence-corrected chi connectivity index (χ2v) is 5.35. The molecule has 3 aromatic heterocycles. The minimum absolute atomic E-state index is 0.0973. The lowest BCUT2D eigenvalue weighted by Gasteiger charge is -2.18. The van der Waals surface area contributed by atoms with Crippen molar-refractivity contribution in [3.05, 3.63) is 31.1 Å². The second-order valence-electron chi connectivity index (χ2n) is 5.35. The minimum Gasteiger partial charge on any atom is -0.451 e. The highest BCUT2D eigenvalue weighted by molar-refractivity contribution is 5.99. The first-order valence-electron chi connectivity index (χ1n) is 7.67. The maximum atomic E-state index is 12.2. The zero-order valence-corrected chi connectivity index (χ0v) is 14.1. The van der Waals surface area contributed by atoms with E-state index in [1.165, 1.54) is 24.5 Å². The zero-order valence-electron chi connectivity index (χ0n) is 14.1. The Balaban J connectivity index is 1.57. The van der Waals surface area contributed by atoms with Gasteiger partial charge in [0.2, 0.25) is 5.95 Å². The number of imidazole rings is 1. The molecule has 0 saturated carbocycles. The van der Waals surface area contributed by atoms with Crippen LogP contribution in [0.1, 0.15) is 6.92 Å². The normalized spacial score (nSPS) is 11.8. The molecule has 0 aromatic carbocycles. The zero-order chi connectivity index (χ0) is 18.5. The van der Waals surface area contributed by atoms with Crippen LogP contribution in [0.25, 0.3) is 11.2 Å². The van der Waals surface area contributed by atoms with Crippen LogP contribution in [0, 0.1) is 0 Å². The fourth-order valence-corrected chi connectivity index (χ4v) is 2.12. The number of aromatic nitrogens is 6. The van der Waals surface area contributed by atoms with E-state index < -0.39 is 18.0 Å². The summed E-state index contributed by atoms with van der Waals surface area (Å²) in [6.45, 7) is 1.37. The Morgan fingerprint density at radius 3 is 2.77 bits per heavy atom. The van der Waals surface area contributed by atoms with Crippen LogP contribution >= 0.6 is 0 Å². The van der Waals surface area contributed by atoms with Crippen molar-refractivity contribution in [1.29, 1.82) is 0 Å². The number of carbonyl (C=O) groups excluding carboxylic acids is 2. The van der Waals surface area contributed by atoms with E-state index in [9.17, 15) is 9.59 Å². The van der Waals surface area contributed by atoms with Crippen LogP contribution in [0.2, 0.25) is 0 Å². The van der Waals surface area contributed by atoms with Crippen molar-refractivity contribution in [3.8, 4) is 0 Å². The van der Waals surface area contributed by atoms with Gasteiger partial charge in [0.05, 0.1) is 6.33 Å². The Kier molecular flexibility index (Phi) is 4.97.